The van der Waals surface area contributed by atoms with Gasteiger partial charge in [0.05, 0.1) is 0 Å². The lowest BCUT2D eigenvalue weighted by Gasteiger charge is -2.15. The Morgan fingerprint density at radius 2 is 2.12 bits per heavy atom. The molecule has 0 aliphatic heterocycles. The molecule has 2 rings (SSSR count). The van der Waals surface area contributed by atoms with Crippen molar-refractivity contribution in [3.8, 4) is 0 Å². The maximum absolute atomic E-state index is 3.19. The highest BCUT2D eigenvalue weighted by molar-refractivity contribution is 5.42. The van der Waals surface area contributed by atoms with Crippen molar-refractivity contribution in [1.29, 1.82) is 0 Å². The molecule has 1 aromatic carbocycles. The number of hydrogen-bond acceptors (Lipinski definition) is 0. The van der Waals surface area contributed by atoms with Crippen molar-refractivity contribution in [3.05, 3.63) is 41.8 Å². The number of benzene rings is 1. The lowest BCUT2D eigenvalue weighted by molar-refractivity contribution is 1.04. The van der Waals surface area contributed by atoms with E-state index in [0.717, 1.165) is 6.42 Å². The highest BCUT2D eigenvalue weighted by atomic mass is 14.1. The normalized spacial score (nSPS) is 14.5. The summed E-state index contributed by atoms with van der Waals surface area (Å²) in [6, 6.07) is 8.36. The molecule has 0 bridgehead atoms. The zero-order valence-corrected chi connectivity index (χ0v) is 4.52. The third-order valence-corrected chi connectivity index (χ3v) is 1.49. The van der Waals surface area contributed by atoms with Crippen molar-refractivity contribution in [2.24, 2.45) is 0 Å². The highest BCUT2D eigenvalue weighted by Gasteiger charge is 2.10. The number of hydrogen-bond donors (Lipinski definition) is 0. The van der Waals surface area contributed by atoms with Crippen molar-refractivity contribution in [3.63, 3.8) is 0 Å². The van der Waals surface area contributed by atoms with Gasteiger partial charge in [-0.05, 0) is 17.5 Å². The Labute approximate surface area is 49.2 Å². The molecule has 8 heavy (non-hydrogen) atoms. The first-order chi connectivity index (χ1) is 3.97. The second-order valence-electron chi connectivity index (χ2n) is 2.01. The third-order valence-electron chi connectivity index (χ3n) is 1.49. The molecule has 0 heteroatoms. The number of rotatable bonds is 0. The summed E-state index contributed by atoms with van der Waals surface area (Å²) in [5.41, 5.74) is 2.74. The van der Waals surface area contributed by atoms with Gasteiger partial charge >= 0.3 is 0 Å². The molecule has 0 saturated carbocycles. The van der Waals surface area contributed by atoms with Crippen LogP contribution in [0, 0.1) is 6.42 Å². The van der Waals surface area contributed by atoms with Crippen LogP contribution in [0.2, 0.25) is 0 Å². The minimum atomic E-state index is 1.05. The number of fused-ring (bicyclic) bond motifs is 1. The fourth-order valence-corrected chi connectivity index (χ4v) is 0.931. The van der Waals surface area contributed by atoms with Gasteiger partial charge in [0.15, 0.2) is 0 Å². The molecule has 0 heterocycles. The summed E-state index contributed by atoms with van der Waals surface area (Å²) in [6.07, 6.45) is 4.24. The van der Waals surface area contributed by atoms with Crippen molar-refractivity contribution in [2.75, 3.05) is 0 Å². The van der Waals surface area contributed by atoms with E-state index in [2.05, 4.69) is 24.6 Å². The van der Waals surface area contributed by atoms with Gasteiger partial charge in [-0.3, -0.25) is 0 Å². The Balaban J connectivity index is 2.62. The minimum absolute atomic E-state index is 1.05. The predicted octanol–water partition coefficient (Wildman–Crippen LogP) is 1.67. The van der Waals surface area contributed by atoms with Crippen molar-refractivity contribution in [1.82, 2.24) is 0 Å². The van der Waals surface area contributed by atoms with Crippen LogP contribution in [0.1, 0.15) is 11.1 Å². The maximum atomic E-state index is 3.19. The molecule has 0 atom stereocenters. The molecule has 0 spiro atoms. The summed E-state index contributed by atoms with van der Waals surface area (Å²) >= 11 is 0. The maximum Gasteiger partial charge on any atom is 0.0214 e. The van der Waals surface area contributed by atoms with Gasteiger partial charge in [-0.25, -0.2) is 0 Å². The van der Waals surface area contributed by atoms with Crippen LogP contribution in [0.4, 0.5) is 0 Å². The van der Waals surface area contributed by atoms with Crippen LogP contribution in [0.15, 0.2) is 24.3 Å². The Kier molecular flexibility index (Phi) is 0.696. The summed E-state index contributed by atoms with van der Waals surface area (Å²) in [5, 5.41) is 0. The predicted molar refractivity (Wildman–Crippen MR) is 32.5 cm³/mol. The van der Waals surface area contributed by atoms with Crippen LogP contribution < -0.4 is 0 Å². The van der Waals surface area contributed by atoms with Crippen molar-refractivity contribution < 1.29 is 0 Å². The van der Waals surface area contributed by atoms with E-state index >= 15 is 0 Å². The summed E-state index contributed by atoms with van der Waals surface area (Å²) in [4.78, 5) is 0. The fourth-order valence-electron chi connectivity index (χ4n) is 0.931. The zero-order chi connectivity index (χ0) is 5.40. The Hall–Kier alpha value is -0.780. The van der Waals surface area contributed by atoms with Gasteiger partial charge in [0.2, 0.25) is 0 Å². The standard InChI is InChI=1S/C8H6/c1-2-4-8-6-5-7(8)3-1/h1-4H,5H2. The molecule has 0 unspecified atom stereocenters. The van der Waals surface area contributed by atoms with Crippen LogP contribution >= 0.6 is 0 Å². The molecular weight excluding hydrogens is 96.1 g/mol. The van der Waals surface area contributed by atoms with E-state index < -0.39 is 0 Å². The quantitative estimate of drug-likeness (QED) is 0.467. The van der Waals surface area contributed by atoms with Crippen LogP contribution in [-0.4, -0.2) is 0 Å². The summed E-state index contributed by atoms with van der Waals surface area (Å²) in [6.45, 7) is 0. The van der Waals surface area contributed by atoms with Crippen LogP contribution in [-0.2, 0) is 6.42 Å². The van der Waals surface area contributed by atoms with E-state index in [1.807, 2.05) is 6.07 Å². The Morgan fingerprint density at radius 1 is 1.25 bits per heavy atom. The molecule has 0 amide bonds. The van der Waals surface area contributed by atoms with Crippen molar-refractivity contribution in [2.45, 2.75) is 6.42 Å². The van der Waals surface area contributed by atoms with E-state index in [0.29, 0.717) is 0 Å². The first kappa shape index (κ1) is 4.13. The first-order valence-corrected chi connectivity index (χ1v) is 2.78. The van der Waals surface area contributed by atoms with Gasteiger partial charge in [0.1, 0.15) is 0 Å². The molecule has 2 radical (unpaired) electrons. The molecular formula is C8H6. The Bertz CT molecular complexity index is 178. The molecule has 0 saturated heterocycles. The smallest absolute Gasteiger partial charge is 0.0214 e. The topological polar surface area (TPSA) is 0 Å². The van der Waals surface area contributed by atoms with Crippen LogP contribution in [0.5, 0.6) is 0 Å². The fraction of sp³-hybridized carbons (Fsp3) is 0.125. The van der Waals surface area contributed by atoms with Crippen molar-refractivity contribution >= 4 is 0 Å². The molecule has 0 fully saturated rings. The van der Waals surface area contributed by atoms with Gasteiger partial charge in [-0.15, -0.1) is 0 Å². The molecule has 0 N–H and O–H groups in total. The largest absolute Gasteiger partial charge is 0.0620 e. The van der Waals surface area contributed by atoms with Gasteiger partial charge in [-0.2, -0.15) is 0 Å². The molecule has 0 nitrogen and oxygen atoms in total. The van der Waals surface area contributed by atoms with Crippen LogP contribution in [0.3, 0.4) is 0 Å². The van der Waals surface area contributed by atoms with Gasteiger partial charge in [-0.1, -0.05) is 24.3 Å². The summed E-state index contributed by atoms with van der Waals surface area (Å²) in [5.74, 6) is 0. The summed E-state index contributed by atoms with van der Waals surface area (Å²) < 4.78 is 0. The van der Waals surface area contributed by atoms with Gasteiger partial charge in [0.25, 0.3) is 0 Å². The van der Waals surface area contributed by atoms with Gasteiger partial charge < -0.3 is 0 Å². The SMILES string of the molecule is [C]1Cc2ccccc21. The molecule has 0 aromatic heterocycles. The Morgan fingerprint density at radius 3 is 2.50 bits per heavy atom. The van der Waals surface area contributed by atoms with Crippen LogP contribution in [0.25, 0.3) is 0 Å². The van der Waals surface area contributed by atoms with E-state index in [1.165, 1.54) is 11.1 Å². The van der Waals surface area contributed by atoms with E-state index in [1.54, 1.807) is 0 Å². The monoisotopic (exact) mass is 102 g/mol. The second kappa shape index (κ2) is 1.35. The second-order valence-corrected chi connectivity index (χ2v) is 2.01. The highest BCUT2D eigenvalue weighted by Crippen LogP contribution is 2.22. The first-order valence-electron chi connectivity index (χ1n) is 2.78. The average Bonchev–Trinajstić information content (AvgIpc) is 1.72. The lowest BCUT2D eigenvalue weighted by Crippen LogP contribution is -2.03. The minimum Gasteiger partial charge on any atom is -0.0620 e. The van der Waals surface area contributed by atoms with E-state index in [4.69, 9.17) is 0 Å². The molecule has 1 aliphatic carbocycles. The van der Waals surface area contributed by atoms with Gasteiger partial charge in [0, 0.05) is 6.42 Å². The zero-order valence-electron chi connectivity index (χ0n) is 4.52. The van der Waals surface area contributed by atoms with E-state index in [-0.39, 0.29) is 0 Å². The lowest BCUT2D eigenvalue weighted by atomic mass is 9.89. The van der Waals surface area contributed by atoms with E-state index in [9.17, 15) is 0 Å². The molecule has 38 valence electrons. The molecule has 1 aliphatic rings. The third kappa shape index (κ3) is 0.401. The average molecular weight is 102 g/mol. The molecule has 1 aromatic rings. The summed E-state index contributed by atoms with van der Waals surface area (Å²) in [7, 11) is 0.